The first-order chi connectivity index (χ1) is 34.3. The SMILES string of the molecule is CCCCCCCCC=CCCCCCCCC(=O)OCC(COC(=O)CCCCCCCC=CCCCCCCCC(=O)OCC(O)CO)OC(=O)CCCCCCCC=CCCCCCCCC. The lowest BCUT2D eigenvalue weighted by Crippen LogP contribution is -2.30. The zero-order chi connectivity index (χ0) is 51.1. The fourth-order valence-corrected chi connectivity index (χ4v) is 8.23. The Balaban J connectivity index is 4.37. The van der Waals surface area contributed by atoms with Crippen LogP contribution in [0, 0.1) is 0 Å². The lowest BCUT2D eigenvalue weighted by atomic mass is 10.1. The van der Waals surface area contributed by atoms with Gasteiger partial charge >= 0.3 is 23.9 Å². The molecule has 2 atom stereocenters. The number of rotatable bonds is 54. The average Bonchev–Trinajstić information content (AvgIpc) is 3.36. The van der Waals surface area contributed by atoms with Crippen molar-refractivity contribution in [3.05, 3.63) is 36.5 Å². The minimum atomic E-state index is -1.01. The number of carbonyl (C=O) groups excluding carboxylic acids is 4. The van der Waals surface area contributed by atoms with Crippen molar-refractivity contribution in [1.29, 1.82) is 0 Å². The second-order valence-corrected chi connectivity index (χ2v) is 19.8. The van der Waals surface area contributed by atoms with Gasteiger partial charge in [-0.25, -0.2) is 0 Å². The summed E-state index contributed by atoms with van der Waals surface area (Å²) in [6, 6.07) is 0. The molecule has 10 nitrogen and oxygen atoms in total. The molecule has 2 N–H and O–H groups in total. The summed E-state index contributed by atoms with van der Waals surface area (Å²) in [6.45, 7) is 3.73. The molecule has 10 heteroatoms. The molecule has 0 amide bonds. The molecule has 0 saturated carbocycles. The Kier molecular flexibility index (Phi) is 53.0. The van der Waals surface area contributed by atoms with Gasteiger partial charge in [0.15, 0.2) is 6.10 Å². The van der Waals surface area contributed by atoms with E-state index in [0.29, 0.717) is 25.7 Å². The molecule has 0 saturated heterocycles. The van der Waals surface area contributed by atoms with E-state index < -0.39 is 18.8 Å². The van der Waals surface area contributed by atoms with Gasteiger partial charge in [-0.1, -0.05) is 192 Å². The van der Waals surface area contributed by atoms with Gasteiger partial charge in [-0.15, -0.1) is 0 Å². The van der Waals surface area contributed by atoms with Gasteiger partial charge in [-0.2, -0.15) is 0 Å². The number of aliphatic hydroxyl groups excluding tert-OH is 2. The molecular formula is C60H108O10. The van der Waals surface area contributed by atoms with Crippen molar-refractivity contribution in [3.8, 4) is 0 Å². The van der Waals surface area contributed by atoms with Crippen LogP contribution in [0.3, 0.4) is 0 Å². The maximum Gasteiger partial charge on any atom is 0.306 e. The summed E-state index contributed by atoms with van der Waals surface area (Å²) in [7, 11) is 0. The third-order valence-electron chi connectivity index (χ3n) is 12.8. The van der Waals surface area contributed by atoms with Gasteiger partial charge in [0.05, 0.1) is 6.61 Å². The van der Waals surface area contributed by atoms with Crippen molar-refractivity contribution in [2.45, 2.75) is 296 Å². The Labute approximate surface area is 429 Å². The molecule has 0 aliphatic carbocycles. The molecule has 0 bridgehead atoms. The molecule has 2 unspecified atom stereocenters. The van der Waals surface area contributed by atoms with Crippen LogP contribution in [0.2, 0.25) is 0 Å². The van der Waals surface area contributed by atoms with Crippen LogP contribution in [-0.2, 0) is 38.1 Å². The highest BCUT2D eigenvalue weighted by Gasteiger charge is 2.19. The lowest BCUT2D eigenvalue weighted by Gasteiger charge is -2.18. The molecule has 0 aromatic heterocycles. The predicted molar refractivity (Wildman–Crippen MR) is 289 cm³/mol. The number of hydrogen-bond acceptors (Lipinski definition) is 10. The molecular weight excluding hydrogens is 881 g/mol. The van der Waals surface area contributed by atoms with E-state index in [1.54, 1.807) is 0 Å². The molecule has 0 aliphatic heterocycles. The number of aliphatic hydroxyl groups is 2. The molecule has 0 aliphatic rings. The lowest BCUT2D eigenvalue weighted by molar-refractivity contribution is -0.167. The van der Waals surface area contributed by atoms with Crippen LogP contribution >= 0.6 is 0 Å². The highest BCUT2D eigenvalue weighted by atomic mass is 16.6. The molecule has 70 heavy (non-hydrogen) atoms. The molecule has 0 rings (SSSR count). The number of esters is 4. The monoisotopic (exact) mass is 989 g/mol. The number of carbonyl (C=O) groups is 4. The summed E-state index contributed by atoms with van der Waals surface area (Å²) in [5, 5.41) is 18.0. The largest absolute Gasteiger partial charge is 0.463 e. The Morgan fingerprint density at radius 2 is 0.586 bits per heavy atom. The van der Waals surface area contributed by atoms with E-state index >= 15 is 0 Å². The fraction of sp³-hybridized carbons (Fsp3) is 0.833. The van der Waals surface area contributed by atoms with Crippen LogP contribution in [0.1, 0.15) is 284 Å². The van der Waals surface area contributed by atoms with Gasteiger partial charge in [0.2, 0.25) is 0 Å². The molecule has 408 valence electrons. The molecule has 0 radical (unpaired) electrons. The van der Waals surface area contributed by atoms with E-state index in [0.717, 1.165) is 141 Å². The normalized spacial score (nSPS) is 12.6. The molecule has 0 aromatic rings. The maximum absolute atomic E-state index is 12.8. The minimum absolute atomic E-state index is 0.107. The summed E-state index contributed by atoms with van der Waals surface area (Å²) < 4.78 is 21.7. The number of ether oxygens (including phenoxy) is 4. The third kappa shape index (κ3) is 52.8. The summed E-state index contributed by atoms with van der Waals surface area (Å²) in [5.41, 5.74) is 0. The van der Waals surface area contributed by atoms with Gasteiger partial charge in [0.25, 0.3) is 0 Å². The van der Waals surface area contributed by atoms with E-state index in [1.807, 2.05) is 0 Å². The topological polar surface area (TPSA) is 146 Å². The van der Waals surface area contributed by atoms with Crippen LogP contribution in [0.15, 0.2) is 36.5 Å². The van der Waals surface area contributed by atoms with Gasteiger partial charge in [-0.05, 0) is 103 Å². The number of unbranched alkanes of at least 4 members (excludes halogenated alkanes) is 32. The van der Waals surface area contributed by atoms with Crippen LogP contribution < -0.4 is 0 Å². The number of allylic oxidation sites excluding steroid dienone is 6. The van der Waals surface area contributed by atoms with E-state index in [2.05, 4.69) is 50.3 Å². The van der Waals surface area contributed by atoms with Gasteiger partial charge in [0.1, 0.15) is 25.9 Å². The highest BCUT2D eigenvalue weighted by molar-refractivity contribution is 5.71. The molecule has 0 heterocycles. The molecule has 0 spiro atoms. The second kappa shape index (κ2) is 55.3. The highest BCUT2D eigenvalue weighted by Crippen LogP contribution is 2.15. The van der Waals surface area contributed by atoms with E-state index in [9.17, 15) is 24.3 Å². The van der Waals surface area contributed by atoms with Crippen molar-refractivity contribution < 1.29 is 48.3 Å². The van der Waals surface area contributed by atoms with Gasteiger partial charge < -0.3 is 29.2 Å². The van der Waals surface area contributed by atoms with Gasteiger partial charge in [-0.3, -0.25) is 19.2 Å². The standard InChI is InChI=1S/C60H108O10/c1-3-5-7-9-11-13-15-17-19-23-28-32-36-40-44-48-58(64)68-53-56(70-60(66)50-46-42-38-34-30-26-20-18-16-14-12-10-8-6-4-2)54-69-59(65)49-45-41-37-33-29-25-22-21-24-27-31-35-39-43-47-57(63)67-52-55(62)51-61/h17-22,55-56,61-62H,3-16,23-54H2,1-2H3. The summed E-state index contributed by atoms with van der Waals surface area (Å²) >= 11 is 0. The van der Waals surface area contributed by atoms with E-state index in [1.165, 1.54) is 103 Å². The van der Waals surface area contributed by atoms with Crippen molar-refractivity contribution in [2.75, 3.05) is 26.4 Å². The average molecular weight is 990 g/mol. The predicted octanol–water partition coefficient (Wildman–Crippen LogP) is 16.0. The molecule has 0 aromatic carbocycles. The smallest absolute Gasteiger partial charge is 0.306 e. The Bertz CT molecular complexity index is 1260. The zero-order valence-electron chi connectivity index (χ0n) is 45.3. The first kappa shape index (κ1) is 67.0. The van der Waals surface area contributed by atoms with Crippen molar-refractivity contribution >= 4 is 23.9 Å². The first-order valence-corrected chi connectivity index (χ1v) is 29.2. The minimum Gasteiger partial charge on any atom is -0.463 e. The van der Waals surface area contributed by atoms with Crippen LogP contribution in [0.25, 0.3) is 0 Å². The summed E-state index contributed by atoms with van der Waals surface area (Å²) in [6.07, 6.45) is 56.4. The fourth-order valence-electron chi connectivity index (χ4n) is 8.23. The Morgan fingerprint density at radius 3 is 0.871 bits per heavy atom. The van der Waals surface area contributed by atoms with Crippen LogP contribution in [-0.4, -0.2) is 72.7 Å². The van der Waals surface area contributed by atoms with Crippen molar-refractivity contribution in [3.63, 3.8) is 0 Å². The quantitative estimate of drug-likeness (QED) is 0.0261. The first-order valence-electron chi connectivity index (χ1n) is 29.2. The van der Waals surface area contributed by atoms with Crippen LogP contribution in [0.5, 0.6) is 0 Å². The van der Waals surface area contributed by atoms with E-state index in [-0.39, 0.29) is 43.7 Å². The van der Waals surface area contributed by atoms with E-state index in [4.69, 9.17) is 24.1 Å². The Hall–Kier alpha value is -2.98. The summed E-state index contributed by atoms with van der Waals surface area (Å²) in [5.74, 6) is -1.30. The summed E-state index contributed by atoms with van der Waals surface area (Å²) in [4.78, 5) is 49.8. The second-order valence-electron chi connectivity index (χ2n) is 19.8. The molecule has 0 fully saturated rings. The van der Waals surface area contributed by atoms with Crippen molar-refractivity contribution in [2.24, 2.45) is 0 Å². The Morgan fingerprint density at radius 1 is 0.343 bits per heavy atom. The van der Waals surface area contributed by atoms with Crippen LogP contribution in [0.4, 0.5) is 0 Å². The third-order valence-corrected chi connectivity index (χ3v) is 12.8. The maximum atomic E-state index is 12.8. The van der Waals surface area contributed by atoms with Gasteiger partial charge in [0, 0.05) is 25.7 Å². The zero-order valence-corrected chi connectivity index (χ0v) is 45.3. The number of hydrogen-bond donors (Lipinski definition) is 2. The van der Waals surface area contributed by atoms with Crippen molar-refractivity contribution in [1.82, 2.24) is 0 Å².